The molecule has 3 rings (SSSR count). The average molecular weight is 218 g/mol. The Morgan fingerprint density at radius 3 is 3.31 bits per heavy atom. The molecule has 1 atom stereocenters. The molecule has 0 aliphatic carbocycles. The molecule has 2 N–H and O–H groups in total. The molecular weight excluding hydrogens is 204 g/mol. The molecule has 1 fully saturated rings. The quantitative estimate of drug-likeness (QED) is 0.615. The molecule has 3 heterocycles. The van der Waals surface area contributed by atoms with E-state index in [2.05, 4.69) is 37.4 Å². The van der Waals surface area contributed by atoms with Gasteiger partial charge in [-0.15, -0.1) is 4.98 Å². The summed E-state index contributed by atoms with van der Waals surface area (Å²) >= 11 is 0. The summed E-state index contributed by atoms with van der Waals surface area (Å²) in [5.41, 5.74) is 0.892. The van der Waals surface area contributed by atoms with Crippen molar-refractivity contribution in [2.45, 2.75) is 13.0 Å². The number of hydrogen-bond acceptors (Lipinski definition) is 6. The van der Waals surface area contributed by atoms with E-state index in [0.29, 0.717) is 6.04 Å². The molecule has 2 aliphatic heterocycles. The van der Waals surface area contributed by atoms with E-state index in [1.165, 1.54) is 6.33 Å². The SMILES string of the molecule is CC1CNCCN1C1=[N+]c2ncncc2N1. The fourth-order valence-electron chi connectivity index (χ4n) is 2.04. The summed E-state index contributed by atoms with van der Waals surface area (Å²) in [5, 5.41) is 6.61. The number of hydrogen-bond donors (Lipinski definition) is 2. The Morgan fingerprint density at radius 2 is 2.50 bits per heavy atom. The number of nitrogens with zero attached hydrogens (tertiary/aromatic N) is 4. The first kappa shape index (κ1) is 9.53. The van der Waals surface area contributed by atoms with E-state index in [0.717, 1.165) is 37.1 Å². The number of rotatable bonds is 0. The summed E-state index contributed by atoms with van der Waals surface area (Å²) < 4.78 is 0. The smallest absolute Gasteiger partial charge is 0.311 e. The van der Waals surface area contributed by atoms with Crippen LogP contribution in [0.2, 0.25) is 0 Å². The van der Waals surface area contributed by atoms with Crippen LogP contribution in [0.5, 0.6) is 0 Å². The van der Waals surface area contributed by atoms with Crippen LogP contribution in [0, 0.1) is 0 Å². The van der Waals surface area contributed by atoms with Gasteiger partial charge < -0.3 is 5.32 Å². The van der Waals surface area contributed by atoms with Crippen LogP contribution < -0.4 is 15.6 Å². The first-order chi connectivity index (χ1) is 7.84. The summed E-state index contributed by atoms with van der Waals surface area (Å²) in [4.78, 5) is 14.8. The molecule has 1 aromatic heterocycles. The average Bonchev–Trinajstić information content (AvgIpc) is 2.73. The van der Waals surface area contributed by atoms with Gasteiger partial charge in [0.25, 0.3) is 0 Å². The van der Waals surface area contributed by atoms with Crippen LogP contribution in [-0.4, -0.2) is 46.5 Å². The molecule has 1 radical (unpaired) electrons. The Kier molecular flexibility index (Phi) is 2.21. The van der Waals surface area contributed by atoms with E-state index in [4.69, 9.17) is 0 Å². The lowest BCUT2D eigenvalue weighted by atomic mass is 10.2. The van der Waals surface area contributed by atoms with Gasteiger partial charge in [0.15, 0.2) is 12.0 Å². The monoisotopic (exact) mass is 218 g/mol. The first-order valence-electron chi connectivity index (χ1n) is 5.47. The third-order valence-electron chi connectivity index (χ3n) is 2.92. The highest BCUT2D eigenvalue weighted by Gasteiger charge is 2.33. The van der Waals surface area contributed by atoms with Crippen molar-refractivity contribution in [3.8, 4) is 0 Å². The maximum absolute atomic E-state index is 4.48. The van der Waals surface area contributed by atoms with Gasteiger partial charge in [-0.2, -0.15) is 0 Å². The molecule has 1 aromatic rings. The Labute approximate surface area is 93.8 Å². The first-order valence-corrected chi connectivity index (χ1v) is 5.47. The van der Waals surface area contributed by atoms with Crippen LogP contribution >= 0.6 is 0 Å². The molecule has 83 valence electrons. The van der Waals surface area contributed by atoms with E-state index in [1.54, 1.807) is 6.20 Å². The number of nitrogens with one attached hydrogen (secondary N) is 2. The van der Waals surface area contributed by atoms with Gasteiger partial charge in [-0.05, 0) is 6.92 Å². The maximum atomic E-state index is 4.48. The van der Waals surface area contributed by atoms with E-state index in [-0.39, 0.29) is 0 Å². The van der Waals surface area contributed by atoms with Crippen molar-refractivity contribution in [3.05, 3.63) is 12.5 Å². The Morgan fingerprint density at radius 1 is 1.56 bits per heavy atom. The van der Waals surface area contributed by atoms with Gasteiger partial charge in [0.1, 0.15) is 0 Å². The second kappa shape index (κ2) is 3.71. The Balaban J connectivity index is 1.84. The van der Waals surface area contributed by atoms with Gasteiger partial charge >= 0.3 is 11.8 Å². The molecule has 6 heteroatoms. The summed E-state index contributed by atoms with van der Waals surface area (Å²) in [6.07, 6.45) is 3.28. The number of piperazine rings is 1. The van der Waals surface area contributed by atoms with Gasteiger partial charge in [-0.25, -0.2) is 4.98 Å². The third kappa shape index (κ3) is 1.51. The third-order valence-corrected chi connectivity index (χ3v) is 2.92. The van der Waals surface area contributed by atoms with Gasteiger partial charge in [0, 0.05) is 13.1 Å². The van der Waals surface area contributed by atoms with Crippen molar-refractivity contribution in [1.82, 2.24) is 25.2 Å². The molecule has 1 saturated heterocycles. The Bertz CT molecular complexity index is 429. The van der Waals surface area contributed by atoms with Crippen LogP contribution in [0.1, 0.15) is 6.92 Å². The van der Waals surface area contributed by atoms with Crippen LogP contribution in [0.15, 0.2) is 12.5 Å². The van der Waals surface area contributed by atoms with Crippen molar-refractivity contribution < 1.29 is 0 Å². The number of aliphatic imine (C=N–C) groups is 1. The zero-order valence-electron chi connectivity index (χ0n) is 9.14. The van der Waals surface area contributed by atoms with E-state index >= 15 is 0 Å². The molecule has 0 amide bonds. The second-order valence-corrected chi connectivity index (χ2v) is 4.07. The summed E-state index contributed by atoms with van der Waals surface area (Å²) in [6.45, 7) is 5.13. The predicted molar refractivity (Wildman–Crippen MR) is 61.5 cm³/mol. The largest absolute Gasteiger partial charge is 0.349 e. The maximum Gasteiger partial charge on any atom is 0.349 e. The molecule has 0 spiro atoms. The normalized spacial score (nSPS) is 23.7. The van der Waals surface area contributed by atoms with Crippen molar-refractivity contribution in [2.24, 2.45) is 0 Å². The zero-order valence-corrected chi connectivity index (χ0v) is 9.14. The van der Waals surface area contributed by atoms with Crippen molar-refractivity contribution >= 4 is 17.5 Å². The number of fused-ring (bicyclic) bond motifs is 1. The molecular formula is C10H14N6+. The molecule has 1 unspecified atom stereocenters. The second-order valence-electron chi connectivity index (χ2n) is 4.07. The molecule has 6 nitrogen and oxygen atoms in total. The van der Waals surface area contributed by atoms with Gasteiger partial charge in [-0.3, -0.25) is 10.2 Å². The van der Waals surface area contributed by atoms with Crippen LogP contribution in [0.4, 0.5) is 11.5 Å². The van der Waals surface area contributed by atoms with Crippen LogP contribution in [-0.2, 0) is 0 Å². The number of guanidine groups is 1. The lowest BCUT2D eigenvalue weighted by molar-refractivity contribution is 0.273. The molecule has 0 saturated carbocycles. The van der Waals surface area contributed by atoms with E-state index in [1.807, 2.05) is 0 Å². The fraction of sp³-hybridized carbons (Fsp3) is 0.500. The Hall–Kier alpha value is -1.69. The molecule has 0 bridgehead atoms. The summed E-state index contributed by atoms with van der Waals surface area (Å²) in [6, 6.07) is 0.447. The van der Waals surface area contributed by atoms with Crippen molar-refractivity contribution in [3.63, 3.8) is 0 Å². The van der Waals surface area contributed by atoms with Gasteiger partial charge in [0.05, 0.1) is 18.8 Å². The topological polar surface area (TPSA) is 67.2 Å². The zero-order chi connectivity index (χ0) is 11.0. The molecule has 2 aliphatic rings. The van der Waals surface area contributed by atoms with Crippen molar-refractivity contribution in [1.29, 1.82) is 0 Å². The number of aromatic nitrogens is 2. The van der Waals surface area contributed by atoms with Crippen LogP contribution in [0.25, 0.3) is 0 Å². The number of anilines is 1. The minimum atomic E-state index is 0.447. The lowest BCUT2D eigenvalue weighted by Gasteiger charge is -2.30. The van der Waals surface area contributed by atoms with Gasteiger partial charge in [0.2, 0.25) is 0 Å². The van der Waals surface area contributed by atoms with Crippen LogP contribution in [0.3, 0.4) is 0 Å². The highest BCUT2D eigenvalue weighted by atomic mass is 15.4. The van der Waals surface area contributed by atoms with Gasteiger partial charge in [-0.1, -0.05) is 4.99 Å². The summed E-state index contributed by atoms with van der Waals surface area (Å²) in [7, 11) is 0. The fourth-order valence-corrected chi connectivity index (χ4v) is 2.04. The standard InChI is InChI=1S/C10H14N6/c1-7-4-11-2-3-16(7)10-14-8-5-12-6-13-9(8)15-10/h5-7,11,14H,2-4H2,1H3/q+1. The van der Waals surface area contributed by atoms with E-state index in [9.17, 15) is 0 Å². The summed E-state index contributed by atoms with van der Waals surface area (Å²) in [5.74, 6) is 1.63. The molecule has 16 heavy (non-hydrogen) atoms. The predicted octanol–water partition coefficient (Wildman–Crippen LogP) is -0.481. The minimum Gasteiger partial charge on any atom is -0.311 e. The lowest BCUT2D eigenvalue weighted by Crippen LogP contribution is -2.54. The highest BCUT2D eigenvalue weighted by Crippen LogP contribution is 2.21. The van der Waals surface area contributed by atoms with E-state index < -0.39 is 0 Å². The molecule has 0 aromatic carbocycles. The van der Waals surface area contributed by atoms with Crippen molar-refractivity contribution in [2.75, 3.05) is 25.0 Å². The highest BCUT2D eigenvalue weighted by molar-refractivity contribution is 6.00. The minimum absolute atomic E-state index is 0.447.